The van der Waals surface area contributed by atoms with Gasteiger partial charge in [-0.05, 0) is 31.8 Å². The van der Waals surface area contributed by atoms with Crippen LogP contribution in [0.2, 0.25) is 0 Å². The van der Waals surface area contributed by atoms with E-state index >= 15 is 0 Å². The van der Waals surface area contributed by atoms with E-state index in [0.717, 1.165) is 12.8 Å². The van der Waals surface area contributed by atoms with Crippen molar-refractivity contribution < 1.29 is 9.47 Å². The lowest BCUT2D eigenvalue weighted by Gasteiger charge is -2.27. The van der Waals surface area contributed by atoms with Crippen LogP contribution in [0.1, 0.15) is 26.7 Å². The van der Waals surface area contributed by atoms with Gasteiger partial charge in [0.1, 0.15) is 6.79 Å². The second-order valence-electron chi connectivity index (χ2n) is 3.27. The average molecular weight is 169 g/mol. The van der Waals surface area contributed by atoms with Crippen LogP contribution in [0.5, 0.6) is 0 Å². The van der Waals surface area contributed by atoms with Gasteiger partial charge in [0, 0.05) is 7.11 Å². The van der Waals surface area contributed by atoms with Gasteiger partial charge in [-0.15, -0.1) is 0 Å². The second-order valence-corrected chi connectivity index (χ2v) is 3.27. The summed E-state index contributed by atoms with van der Waals surface area (Å²) in [6.07, 6.45) is 6.35. The van der Waals surface area contributed by atoms with Gasteiger partial charge in [-0.25, -0.2) is 0 Å². The smallest absolute Gasteiger partial charge is 0.147 e. The van der Waals surface area contributed by atoms with Crippen molar-refractivity contribution in [3.63, 3.8) is 0 Å². The molecule has 0 heterocycles. The van der Waals surface area contributed by atoms with Gasteiger partial charge >= 0.3 is 0 Å². The molecule has 0 saturated heterocycles. The molecule has 2 heteroatoms. The molecule has 1 radical (unpaired) electrons. The number of methoxy groups -OCH3 is 1. The van der Waals surface area contributed by atoms with Crippen LogP contribution in [-0.2, 0) is 9.47 Å². The number of hydrogen-bond acceptors (Lipinski definition) is 2. The maximum absolute atomic E-state index is 5.62. The largest absolute Gasteiger partial charge is 0.359 e. The standard InChI is InChI=1S/C10H17O2/c1-4-9-6-5-7-10(9,2)12-8-11-3/h5-6H,4,7-8H2,1-3H3. The summed E-state index contributed by atoms with van der Waals surface area (Å²) < 4.78 is 10.5. The molecule has 12 heavy (non-hydrogen) atoms. The molecule has 0 amide bonds. The van der Waals surface area contributed by atoms with E-state index in [1.54, 1.807) is 7.11 Å². The Morgan fingerprint density at radius 1 is 1.58 bits per heavy atom. The predicted molar refractivity (Wildman–Crippen MR) is 48.7 cm³/mol. The first-order chi connectivity index (χ1) is 5.73. The Hall–Kier alpha value is -0.340. The monoisotopic (exact) mass is 169 g/mol. The van der Waals surface area contributed by atoms with Crippen LogP contribution in [-0.4, -0.2) is 19.5 Å². The van der Waals surface area contributed by atoms with Gasteiger partial charge in [0.15, 0.2) is 0 Å². The molecule has 1 atom stereocenters. The SMILES string of the molecule is CCC1=C[CH]CC1(C)OCOC. The number of hydrogen-bond donors (Lipinski definition) is 0. The fourth-order valence-corrected chi connectivity index (χ4v) is 1.57. The molecular weight excluding hydrogens is 152 g/mol. The van der Waals surface area contributed by atoms with Crippen molar-refractivity contribution in [3.8, 4) is 0 Å². The normalized spacial score (nSPS) is 29.1. The topological polar surface area (TPSA) is 18.5 Å². The van der Waals surface area contributed by atoms with Crippen molar-refractivity contribution in [2.45, 2.75) is 32.3 Å². The molecule has 1 aliphatic rings. The molecular formula is C10H17O2. The molecule has 0 aromatic carbocycles. The molecule has 1 aliphatic carbocycles. The van der Waals surface area contributed by atoms with Crippen molar-refractivity contribution in [2.24, 2.45) is 0 Å². The molecule has 0 N–H and O–H groups in total. The van der Waals surface area contributed by atoms with Crippen LogP contribution < -0.4 is 0 Å². The summed E-state index contributed by atoms with van der Waals surface area (Å²) in [5.41, 5.74) is 1.25. The maximum Gasteiger partial charge on any atom is 0.147 e. The molecule has 0 aliphatic heterocycles. The summed E-state index contributed by atoms with van der Waals surface area (Å²) in [7, 11) is 1.65. The zero-order chi connectivity index (χ0) is 9.03. The molecule has 0 saturated carbocycles. The highest BCUT2D eigenvalue weighted by atomic mass is 16.7. The summed E-state index contributed by atoms with van der Waals surface area (Å²) in [6, 6.07) is 0. The van der Waals surface area contributed by atoms with E-state index in [0.29, 0.717) is 6.79 Å². The lowest BCUT2D eigenvalue weighted by Crippen LogP contribution is -2.28. The van der Waals surface area contributed by atoms with E-state index in [1.807, 2.05) is 0 Å². The molecule has 0 spiro atoms. The van der Waals surface area contributed by atoms with E-state index in [-0.39, 0.29) is 5.60 Å². The van der Waals surface area contributed by atoms with Gasteiger partial charge in [0.25, 0.3) is 0 Å². The third-order valence-electron chi connectivity index (χ3n) is 2.38. The third kappa shape index (κ3) is 1.87. The summed E-state index contributed by atoms with van der Waals surface area (Å²) in [5, 5.41) is 0. The van der Waals surface area contributed by atoms with Crippen molar-refractivity contribution in [3.05, 3.63) is 18.1 Å². The van der Waals surface area contributed by atoms with Crippen LogP contribution in [0, 0.1) is 6.42 Å². The minimum atomic E-state index is -0.106. The molecule has 0 aromatic heterocycles. The lowest BCUT2D eigenvalue weighted by molar-refractivity contribution is -0.103. The number of rotatable bonds is 4. The molecule has 2 nitrogen and oxygen atoms in total. The molecule has 0 aromatic rings. The fraction of sp³-hybridized carbons (Fsp3) is 0.700. The van der Waals surface area contributed by atoms with E-state index < -0.39 is 0 Å². The van der Waals surface area contributed by atoms with E-state index in [4.69, 9.17) is 9.47 Å². The molecule has 0 fully saturated rings. The van der Waals surface area contributed by atoms with Crippen LogP contribution in [0.3, 0.4) is 0 Å². The molecule has 1 unspecified atom stereocenters. The minimum Gasteiger partial charge on any atom is -0.359 e. The Morgan fingerprint density at radius 2 is 2.33 bits per heavy atom. The van der Waals surface area contributed by atoms with Crippen molar-refractivity contribution in [2.75, 3.05) is 13.9 Å². The molecule has 1 rings (SSSR count). The summed E-state index contributed by atoms with van der Waals surface area (Å²) >= 11 is 0. The highest BCUT2D eigenvalue weighted by Crippen LogP contribution is 2.34. The Balaban J connectivity index is 2.52. The lowest BCUT2D eigenvalue weighted by atomic mass is 9.96. The Bertz CT molecular complexity index is 175. The Labute approximate surface area is 74.6 Å². The first-order valence-electron chi connectivity index (χ1n) is 4.38. The molecule has 0 bridgehead atoms. The number of ether oxygens (including phenoxy) is 2. The quantitative estimate of drug-likeness (QED) is 0.601. The first kappa shape index (κ1) is 9.75. The summed E-state index contributed by atoms with van der Waals surface area (Å²) in [4.78, 5) is 0. The van der Waals surface area contributed by atoms with E-state index in [1.165, 1.54) is 5.57 Å². The van der Waals surface area contributed by atoms with Gasteiger partial charge in [0.05, 0.1) is 5.60 Å². The minimum absolute atomic E-state index is 0.106. The number of allylic oxidation sites excluding steroid dienone is 1. The Morgan fingerprint density at radius 3 is 2.92 bits per heavy atom. The van der Waals surface area contributed by atoms with Crippen molar-refractivity contribution >= 4 is 0 Å². The van der Waals surface area contributed by atoms with Gasteiger partial charge < -0.3 is 9.47 Å². The summed E-state index contributed by atoms with van der Waals surface area (Å²) in [6.45, 7) is 4.64. The first-order valence-corrected chi connectivity index (χ1v) is 4.38. The van der Waals surface area contributed by atoms with Crippen LogP contribution in [0.4, 0.5) is 0 Å². The fourth-order valence-electron chi connectivity index (χ4n) is 1.57. The summed E-state index contributed by atoms with van der Waals surface area (Å²) in [5.74, 6) is 0. The highest BCUT2D eigenvalue weighted by molar-refractivity contribution is 5.27. The van der Waals surface area contributed by atoms with Crippen LogP contribution in [0.15, 0.2) is 11.6 Å². The van der Waals surface area contributed by atoms with Gasteiger partial charge in [-0.3, -0.25) is 0 Å². The van der Waals surface area contributed by atoms with Crippen LogP contribution >= 0.6 is 0 Å². The predicted octanol–water partition coefficient (Wildman–Crippen LogP) is 2.31. The van der Waals surface area contributed by atoms with Gasteiger partial charge in [0.2, 0.25) is 0 Å². The zero-order valence-electron chi connectivity index (χ0n) is 8.09. The molecule has 69 valence electrons. The third-order valence-corrected chi connectivity index (χ3v) is 2.38. The van der Waals surface area contributed by atoms with Crippen molar-refractivity contribution in [1.82, 2.24) is 0 Å². The maximum atomic E-state index is 5.62. The van der Waals surface area contributed by atoms with Crippen molar-refractivity contribution in [1.29, 1.82) is 0 Å². The second kappa shape index (κ2) is 4.06. The Kier molecular flexibility index (Phi) is 3.29. The van der Waals surface area contributed by atoms with Crippen LogP contribution in [0.25, 0.3) is 0 Å². The van der Waals surface area contributed by atoms with Gasteiger partial charge in [-0.2, -0.15) is 0 Å². The van der Waals surface area contributed by atoms with Gasteiger partial charge in [-0.1, -0.05) is 13.0 Å². The van der Waals surface area contributed by atoms with E-state index in [2.05, 4.69) is 26.3 Å². The zero-order valence-corrected chi connectivity index (χ0v) is 8.09. The highest BCUT2D eigenvalue weighted by Gasteiger charge is 2.32. The average Bonchev–Trinajstić information content (AvgIpc) is 2.44. The van der Waals surface area contributed by atoms with E-state index in [9.17, 15) is 0 Å².